The van der Waals surface area contributed by atoms with Gasteiger partial charge in [0.1, 0.15) is 0 Å². The van der Waals surface area contributed by atoms with Crippen LogP contribution in [0.1, 0.15) is 44.4 Å². The van der Waals surface area contributed by atoms with Crippen molar-refractivity contribution in [2.75, 3.05) is 20.1 Å². The zero-order valence-electron chi connectivity index (χ0n) is 14.4. The van der Waals surface area contributed by atoms with Crippen molar-refractivity contribution in [3.63, 3.8) is 0 Å². The highest BCUT2D eigenvalue weighted by molar-refractivity contribution is 6.42. The minimum Gasteiger partial charge on any atom is -0.358 e. The van der Waals surface area contributed by atoms with E-state index in [9.17, 15) is 0 Å². The fourth-order valence-electron chi connectivity index (χ4n) is 4.44. The molecular weight excluding hydrogens is 327 g/mol. The molecule has 0 amide bonds. The molecule has 0 spiro atoms. The largest absolute Gasteiger partial charge is 0.358 e. The number of nitrogens with one attached hydrogen (secondary N) is 1. The van der Waals surface area contributed by atoms with Gasteiger partial charge in [-0.25, -0.2) is 0 Å². The van der Waals surface area contributed by atoms with Crippen LogP contribution in [-0.4, -0.2) is 30.0 Å². The van der Waals surface area contributed by atoms with Gasteiger partial charge in [-0.15, -0.1) is 0 Å². The SMILES string of the molecule is CC.CC1c2c([nH]c3cc(Cl)c(Cl)cc23)CC2CCN(C)CC21. The lowest BCUT2D eigenvalue weighted by atomic mass is 9.68. The van der Waals surface area contributed by atoms with Gasteiger partial charge in [0.05, 0.1) is 10.0 Å². The fourth-order valence-corrected chi connectivity index (χ4v) is 4.77. The quantitative estimate of drug-likeness (QED) is 0.641. The van der Waals surface area contributed by atoms with E-state index in [1.54, 1.807) is 0 Å². The van der Waals surface area contributed by atoms with Crippen LogP contribution in [0.15, 0.2) is 12.1 Å². The summed E-state index contributed by atoms with van der Waals surface area (Å²) in [5.74, 6) is 2.14. The van der Waals surface area contributed by atoms with Crippen LogP contribution in [-0.2, 0) is 6.42 Å². The number of benzene rings is 1. The van der Waals surface area contributed by atoms with Crippen molar-refractivity contribution in [3.8, 4) is 0 Å². The van der Waals surface area contributed by atoms with Crippen molar-refractivity contribution in [2.24, 2.45) is 11.8 Å². The Labute approximate surface area is 149 Å². The molecule has 1 N–H and O–H groups in total. The number of aromatic nitrogens is 1. The second-order valence-electron chi connectivity index (χ2n) is 6.80. The molecule has 126 valence electrons. The van der Waals surface area contributed by atoms with Crippen LogP contribution in [0.5, 0.6) is 0 Å². The number of rotatable bonds is 0. The summed E-state index contributed by atoms with van der Waals surface area (Å²) in [7, 11) is 2.24. The summed E-state index contributed by atoms with van der Waals surface area (Å²) in [6.07, 6.45) is 2.48. The molecule has 3 unspecified atom stereocenters. The Kier molecular flexibility index (Phi) is 4.96. The van der Waals surface area contributed by atoms with Gasteiger partial charge in [-0.3, -0.25) is 0 Å². The minimum atomic E-state index is 0.576. The Balaban J connectivity index is 0.000000753. The Morgan fingerprint density at radius 3 is 2.61 bits per heavy atom. The Bertz CT molecular complexity index is 707. The van der Waals surface area contributed by atoms with E-state index >= 15 is 0 Å². The van der Waals surface area contributed by atoms with Crippen LogP contribution in [0.25, 0.3) is 10.9 Å². The maximum Gasteiger partial charge on any atom is 0.0613 e. The van der Waals surface area contributed by atoms with Gasteiger partial charge >= 0.3 is 0 Å². The molecule has 0 radical (unpaired) electrons. The second kappa shape index (κ2) is 6.66. The smallest absolute Gasteiger partial charge is 0.0613 e. The van der Waals surface area contributed by atoms with E-state index in [4.69, 9.17) is 23.2 Å². The highest BCUT2D eigenvalue weighted by Crippen LogP contribution is 2.46. The molecule has 1 saturated heterocycles. The predicted octanol–water partition coefficient (Wildman–Crippen LogP) is 5.73. The summed E-state index contributed by atoms with van der Waals surface area (Å²) in [4.78, 5) is 6.08. The lowest BCUT2D eigenvalue weighted by Crippen LogP contribution is -2.43. The summed E-state index contributed by atoms with van der Waals surface area (Å²) in [5.41, 5.74) is 4.01. The number of halogens is 2. The number of fused-ring (bicyclic) bond motifs is 4. The van der Waals surface area contributed by atoms with Crippen molar-refractivity contribution in [3.05, 3.63) is 33.4 Å². The molecule has 23 heavy (non-hydrogen) atoms. The van der Waals surface area contributed by atoms with E-state index in [0.717, 1.165) is 17.4 Å². The van der Waals surface area contributed by atoms with E-state index in [0.29, 0.717) is 16.0 Å². The van der Waals surface area contributed by atoms with Gasteiger partial charge in [-0.1, -0.05) is 44.0 Å². The first kappa shape index (κ1) is 17.1. The highest BCUT2D eigenvalue weighted by Gasteiger charge is 2.39. The summed E-state index contributed by atoms with van der Waals surface area (Å²) in [6, 6.07) is 4.01. The van der Waals surface area contributed by atoms with Crippen molar-refractivity contribution < 1.29 is 0 Å². The number of likely N-dealkylation sites (tertiary alicyclic amines) is 1. The Hall–Kier alpha value is -0.700. The molecule has 1 aliphatic carbocycles. The van der Waals surface area contributed by atoms with Gasteiger partial charge in [-0.05, 0) is 61.9 Å². The maximum atomic E-state index is 6.24. The summed E-state index contributed by atoms with van der Waals surface area (Å²) in [6.45, 7) is 8.81. The molecule has 0 saturated carbocycles. The Morgan fingerprint density at radius 2 is 1.87 bits per heavy atom. The van der Waals surface area contributed by atoms with Crippen LogP contribution in [0.3, 0.4) is 0 Å². The van der Waals surface area contributed by atoms with Crippen LogP contribution in [0, 0.1) is 11.8 Å². The van der Waals surface area contributed by atoms with Gasteiger partial charge in [-0.2, -0.15) is 0 Å². The number of H-pyrrole nitrogens is 1. The van der Waals surface area contributed by atoms with Crippen LogP contribution < -0.4 is 0 Å². The van der Waals surface area contributed by atoms with E-state index in [1.807, 2.05) is 26.0 Å². The van der Waals surface area contributed by atoms with Gasteiger partial charge in [0.25, 0.3) is 0 Å². The van der Waals surface area contributed by atoms with Crippen molar-refractivity contribution >= 4 is 34.1 Å². The second-order valence-corrected chi connectivity index (χ2v) is 7.61. The van der Waals surface area contributed by atoms with Crippen molar-refractivity contribution in [1.82, 2.24) is 9.88 Å². The Morgan fingerprint density at radius 1 is 1.17 bits per heavy atom. The van der Waals surface area contributed by atoms with E-state index in [-0.39, 0.29) is 0 Å². The molecule has 1 aromatic carbocycles. The molecule has 4 heteroatoms. The molecule has 3 atom stereocenters. The molecular formula is C19H26Cl2N2. The standard InChI is InChI=1S/C17H20Cl2N2.C2H6/c1-9-12-8-21(2)4-3-10(12)5-16-17(9)11-6-13(18)14(19)7-15(11)20-16;1-2/h6-7,9-10,12,20H,3-5,8H2,1-2H3;1-2H3. The van der Waals surface area contributed by atoms with Gasteiger partial charge < -0.3 is 9.88 Å². The first-order chi connectivity index (χ1) is 11.0. The summed E-state index contributed by atoms with van der Waals surface area (Å²) < 4.78 is 0. The minimum absolute atomic E-state index is 0.576. The molecule has 1 aromatic heterocycles. The topological polar surface area (TPSA) is 19.0 Å². The average Bonchev–Trinajstić information content (AvgIpc) is 2.88. The van der Waals surface area contributed by atoms with Crippen LogP contribution in [0.4, 0.5) is 0 Å². The van der Waals surface area contributed by atoms with Crippen LogP contribution in [0.2, 0.25) is 10.0 Å². The normalized spacial score (nSPS) is 27.1. The van der Waals surface area contributed by atoms with E-state index in [1.165, 1.54) is 42.6 Å². The van der Waals surface area contributed by atoms with E-state index < -0.39 is 0 Å². The van der Waals surface area contributed by atoms with Crippen molar-refractivity contribution in [1.29, 1.82) is 0 Å². The third-order valence-corrected chi connectivity index (χ3v) is 6.26. The molecule has 2 heterocycles. The molecule has 2 aromatic rings. The molecule has 4 rings (SSSR count). The summed E-state index contributed by atoms with van der Waals surface area (Å²) in [5, 5.41) is 2.55. The summed E-state index contributed by atoms with van der Waals surface area (Å²) >= 11 is 12.4. The zero-order valence-corrected chi connectivity index (χ0v) is 15.9. The molecule has 0 bridgehead atoms. The number of nitrogens with zero attached hydrogens (tertiary/aromatic N) is 1. The average molecular weight is 353 g/mol. The monoisotopic (exact) mass is 352 g/mol. The van der Waals surface area contributed by atoms with Gasteiger partial charge in [0.2, 0.25) is 0 Å². The maximum absolute atomic E-state index is 6.24. The number of hydrogen-bond donors (Lipinski definition) is 1. The van der Waals surface area contributed by atoms with Gasteiger partial charge in [0.15, 0.2) is 0 Å². The molecule has 1 aliphatic heterocycles. The van der Waals surface area contributed by atoms with E-state index in [2.05, 4.69) is 23.9 Å². The third-order valence-electron chi connectivity index (χ3n) is 5.53. The number of piperidine rings is 1. The lowest BCUT2D eigenvalue weighted by molar-refractivity contribution is 0.116. The fraction of sp³-hybridized carbons (Fsp3) is 0.579. The number of aromatic amines is 1. The molecule has 2 aliphatic rings. The first-order valence-electron chi connectivity index (χ1n) is 8.72. The molecule has 2 nitrogen and oxygen atoms in total. The predicted molar refractivity (Wildman–Crippen MR) is 101 cm³/mol. The lowest BCUT2D eigenvalue weighted by Gasteiger charge is -2.43. The number of hydrogen-bond acceptors (Lipinski definition) is 1. The highest BCUT2D eigenvalue weighted by atomic mass is 35.5. The van der Waals surface area contributed by atoms with Crippen LogP contribution >= 0.6 is 23.2 Å². The zero-order chi connectivity index (χ0) is 16.7. The molecule has 1 fully saturated rings. The van der Waals surface area contributed by atoms with Crippen molar-refractivity contribution in [2.45, 2.75) is 39.5 Å². The first-order valence-corrected chi connectivity index (χ1v) is 9.48. The third kappa shape index (κ3) is 2.90. The van der Waals surface area contributed by atoms with Gasteiger partial charge in [0, 0.05) is 23.1 Å².